The number of likely N-dealkylation sites (tertiary alicyclic amines) is 1. The van der Waals surface area contributed by atoms with Gasteiger partial charge in [-0.2, -0.15) is 0 Å². The van der Waals surface area contributed by atoms with Crippen LogP contribution in [0.1, 0.15) is 21.5 Å². The van der Waals surface area contributed by atoms with E-state index in [1.165, 1.54) is 6.07 Å². The molecule has 1 aliphatic rings. The van der Waals surface area contributed by atoms with E-state index in [1.807, 2.05) is 0 Å². The molecule has 0 aliphatic carbocycles. The number of carbonyl (C=O) groups excluding carboxylic acids is 1. The number of hydrogen-bond donors (Lipinski definition) is 1. The van der Waals surface area contributed by atoms with Crippen LogP contribution in [0.5, 0.6) is 0 Å². The lowest BCUT2D eigenvalue weighted by molar-refractivity contribution is 0.00589. The molecule has 3 nitrogen and oxygen atoms in total. The highest BCUT2D eigenvalue weighted by Gasteiger charge is 2.29. The molecule has 0 aromatic heterocycles. The first-order chi connectivity index (χ1) is 11.0. The normalized spacial score (nSPS) is 14.0. The Morgan fingerprint density at radius 3 is 2.22 bits per heavy atom. The minimum absolute atomic E-state index is 0.129. The molecule has 5 heteroatoms. The lowest BCUT2D eigenvalue weighted by Gasteiger charge is -2.35. The quantitative estimate of drug-likeness (QED) is 0.820. The Labute approximate surface area is 132 Å². The molecule has 2 aromatic carbocycles. The maximum Gasteiger partial charge on any atom is 0.254 e. The first kappa shape index (κ1) is 15.2. The van der Waals surface area contributed by atoms with Crippen LogP contribution in [-0.4, -0.2) is 35.1 Å². The van der Waals surface area contributed by atoms with Gasteiger partial charge in [0.15, 0.2) is 11.6 Å². The molecule has 0 bridgehead atoms. The highest BCUT2D eigenvalue weighted by atomic mass is 19.2. The van der Waals surface area contributed by atoms with E-state index in [0.29, 0.717) is 29.8 Å². The predicted octanol–water partition coefficient (Wildman–Crippen LogP) is 2.18. The summed E-state index contributed by atoms with van der Waals surface area (Å²) in [5, 5.41) is 9.21. The lowest BCUT2D eigenvalue weighted by Crippen LogP contribution is -2.53. The van der Waals surface area contributed by atoms with Gasteiger partial charge in [-0.3, -0.25) is 4.79 Å². The largest absolute Gasteiger partial charge is 0.389 e. The molecule has 1 heterocycles. The Hall–Kier alpha value is -2.71. The molecule has 1 amide bonds. The van der Waals surface area contributed by atoms with Crippen molar-refractivity contribution in [3.63, 3.8) is 0 Å². The van der Waals surface area contributed by atoms with Crippen LogP contribution in [0, 0.1) is 23.5 Å². The summed E-state index contributed by atoms with van der Waals surface area (Å²) in [4.78, 5) is 13.6. The number of hydrogen-bond acceptors (Lipinski definition) is 2. The number of β-amino-alcohol motifs (C(OH)–C–C–N with tert-alkyl or cyclic N) is 1. The van der Waals surface area contributed by atoms with E-state index >= 15 is 0 Å². The van der Waals surface area contributed by atoms with E-state index in [4.69, 9.17) is 0 Å². The predicted molar refractivity (Wildman–Crippen MR) is 80.7 cm³/mol. The Balaban J connectivity index is 1.71. The molecule has 0 unspecified atom stereocenters. The second-order valence-electron chi connectivity index (χ2n) is 5.32. The standard InChI is InChI=1S/C18H13F2NO2/c19-16-8-5-13(9-17(16)20)2-1-12-3-6-14(7-4-12)18(23)21-10-15(22)11-21/h3-9,15,22H,10-11H2. The zero-order valence-electron chi connectivity index (χ0n) is 12.1. The van der Waals surface area contributed by atoms with Gasteiger partial charge in [-0.1, -0.05) is 11.8 Å². The van der Waals surface area contributed by atoms with E-state index in [9.17, 15) is 18.7 Å². The summed E-state index contributed by atoms with van der Waals surface area (Å²) in [7, 11) is 0. The van der Waals surface area contributed by atoms with Gasteiger partial charge < -0.3 is 10.0 Å². The minimum Gasteiger partial charge on any atom is -0.389 e. The smallest absolute Gasteiger partial charge is 0.254 e. The maximum atomic E-state index is 13.1. The fourth-order valence-corrected chi connectivity index (χ4v) is 2.22. The van der Waals surface area contributed by atoms with Crippen LogP contribution in [0.15, 0.2) is 42.5 Å². The first-order valence-electron chi connectivity index (χ1n) is 7.07. The van der Waals surface area contributed by atoms with Crippen LogP contribution < -0.4 is 0 Å². The van der Waals surface area contributed by atoms with Crippen LogP contribution >= 0.6 is 0 Å². The third-order valence-electron chi connectivity index (χ3n) is 3.55. The molecule has 1 fully saturated rings. The van der Waals surface area contributed by atoms with Gasteiger partial charge in [0, 0.05) is 29.8 Å². The molecule has 1 aliphatic heterocycles. The van der Waals surface area contributed by atoms with Crippen molar-refractivity contribution in [2.45, 2.75) is 6.10 Å². The van der Waals surface area contributed by atoms with Crippen molar-refractivity contribution in [3.8, 4) is 11.8 Å². The molecular weight excluding hydrogens is 300 g/mol. The first-order valence-corrected chi connectivity index (χ1v) is 7.07. The second-order valence-corrected chi connectivity index (χ2v) is 5.32. The highest BCUT2D eigenvalue weighted by Crippen LogP contribution is 2.14. The number of rotatable bonds is 1. The molecule has 23 heavy (non-hydrogen) atoms. The number of benzene rings is 2. The lowest BCUT2D eigenvalue weighted by atomic mass is 10.1. The van der Waals surface area contributed by atoms with Gasteiger partial charge in [0.25, 0.3) is 5.91 Å². The number of halogens is 2. The zero-order valence-corrected chi connectivity index (χ0v) is 12.1. The van der Waals surface area contributed by atoms with Gasteiger partial charge in [-0.25, -0.2) is 8.78 Å². The van der Waals surface area contributed by atoms with E-state index in [-0.39, 0.29) is 5.91 Å². The number of amides is 1. The molecule has 116 valence electrons. The minimum atomic E-state index is -0.936. The van der Waals surface area contributed by atoms with Gasteiger partial charge in [-0.05, 0) is 42.5 Å². The van der Waals surface area contributed by atoms with Crippen LogP contribution in [-0.2, 0) is 0 Å². The highest BCUT2D eigenvalue weighted by molar-refractivity contribution is 5.94. The van der Waals surface area contributed by atoms with Crippen molar-refractivity contribution in [3.05, 3.63) is 70.8 Å². The third kappa shape index (κ3) is 3.38. The fraction of sp³-hybridized carbons (Fsp3) is 0.167. The molecular formula is C18H13F2NO2. The molecule has 0 atom stereocenters. The Morgan fingerprint density at radius 1 is 1.00 bits per heavy atom. The molecule has 3 rings (SSSR count). The van der Waals surface area contributed by atoms with E-state index in [2.05, 4.69) is 11.8 Å². The SMILES string of the molecule is O=C(c1ccc(C#Cc2ccc(F)c(F)c2)cc1)N1CC(O)C1. The molecule has 0 radical (unpaired) electrons. The van der Waals surface area contributed by atoms with Crippen molar-refractivity contribution >= 4 is 5.91 Å². The Kier molecular flexibility index (Phi) is 4.09. The summed E-state index contributed by atoms with van der Waals surface area (Å²) in [6, 6.07) is 10.2. The number of nitrogens with zero attached hydrogens (tertiary/aromatic N) is 1. The van der Waals surface area contributed by atoms with Crippen LogP contribution in [0.4, 0.5) is 8.78 Å². The van der Waals surface area contributed by atoms with Crippen LogP contribution in [0.3, 0.4) is 0 Å². The van der Waals surface area contributed by atoms with Gasteiger partial charge in [-0.15, -0.1) is 0 Å². The maximum absolute atomic E-state index is 13.1. The molecule has 0 saturated carbocycles. The van der Waals surface area contributed by atoms with E-state index in [1.54, 1.807) is 29.2 Å². The summed E-state index contributed by atoms with van der Waals surface area (Å²) in [6.07, 6.45) is -0.430. The second kappa shape index (κ2) is 6.19. The Morgan fingerprint density at radius 2 is 1.61 bits per heavy atom. The van der Waals surface area contributed by atoms with Crippen molar-refractivity contribution in [2.24, 2.45) is 0 Å². The number of aliphatic hydroxyl groups is 1. The summed E-state index contributed by atoms with van der Waals surface area (Å²) < 4.78 is 25.9. The van der Waals surface area contributed by atoms with Crippen LogP contribution in [0.2, 0.25) is 0 Å². The zero-order chi connectivity index (χ0) is 16.4. The molecule has 0 spiro atoms. The van der Waals surface area contributed by atoms with Crippen molar-refractivity contribution < 1.29 is 18.7 Å². The van der Waals surface area contributed by atoms with E-state index in [0.717, 1.165) is 12.1 Å². The van der Waals surface area contributed by atoms with Gasteiger partial charge in [0.2, 0.25) is 0 Å². The summed E-state index contributed by atoms with van der Waals surface area (Å²) in [5.74, 6) is 3.60. The average molecular weight is 313 g/mol. The van der Waals surface area contributed by atoms with Crippen molar-refractivity contribution in [1.29, 1.82) is 0 Å². The number of aliphatic hydroxyl groups excluding tert-OH is 1. The molecule has 2 aromatic rings. The van der Waals surface area contributed by atoms with Crippen molar-refractivity contribution in [2.75, 3.05) is 13.1 Å². The summed E-state index contributed by atoms with van der Waals surface area (Å²) in [6.45, 7) is 0.715. The topological polar surface area (TPSA) is 40.5 Å². The van der Waals surface area contributed by atoms with Crippen LogP contribution in [0.25, 0.3) is 0 Å². The summed E-state index contributed by atoms with van der Waals surface area (Å²) in [5.41, 5.74) is 1.56. The Bertz CT molecular complexity index is 800. The fourth-order valence-electron chi connectivity index (χ4n) is 2.22. The monoisotopic (exact) mass is 313 g/mol. The molecule has 1 N–H and O–H groups in total. The third-order valence-corrected chi connectivity index (χ3v) is 3.55. The van der Waals surface area contributed by atoms with E-state index < -0.39 is 17.7 Å². The average Bonchev–Trinajstić information content (AvgIpc) is 2.53. The van der Waals surface area contributed by atoms with Gasteiger partial charge >= 0.3 is 0 Å². The van der Waals surface area contributed by atoms with Gasteiger partial charge in [0.1, 0.15) is 0 Å². The number of carbonyl (C=O) groups is 1. The summed E-state index contributed by atoms with van der Waals surface area (Å²) >= 11 is 0. The van der Waals surface area contributed by atoms with Crippen molar-refractivity contribution in [1.82, 2.24) is 4.90 Å². The molecule has 1 saturated heterocycles. The van der Waals surface area contributed by atoms with Gasteiger partial charge in [0.05, 0.1) is 6.10 Å².